The van der Waals surface area contributed by atoms with Gasteiger partial charge in [-0.25, -0.2) is 14.3 Å². The number of fused-ring (bicyclic) bond motifs is 1. The molecule has 0 radical (unpaired) electrons. The Labute approximate surface area is 208 Å². The molecule has 184 valence electrons. The molecule has 1 fully saturated rings. The SMILES string of the molecule is NCc1cccc(-c2nc(C(=O)Oc3ccccc3CC(=O)O)c3ccc(CN4CCCC4)n3n2)c1. The molecule has 2 aromatic heterocycles. The highest BCUT2D eigenvalue weighted by atomic mass is 16.5. The molecule has 1 aliphatic rings. The second-order valence-corrected chi connectivity index (χ2v) is 8.86. The van der Waals surface area contributed by atoms with Crippen LogP contribution in [-0.4, -0.2) is 49.6 Å². The molecule has 36 heavy (non-hydrogen) atoms. The normalized spacial score (nSPS) is 13.8. The third-order valence-electron chi connectivity index (χ3n) is 6.30. The van der Waals surface area contributed by atoms with Crippen molar-refractivity contribution in [2.45, 2.75) is 32.4 Å². The van der Waals surface area contributed by atoms with E-state index >= 15 is 0 Å². The van der Waals surface area contributed by atoms with Gasteiger partial charge in [-0.2, -0.15) is 0 Å². The maximum Gasteiger partial charge on any atom is 0.364 e. The fourth-order valence-electron chi connectivity index (χ4n) is 4.51. The summed E-state index contributed by atoms with van der Waals surface area (Å²) in [4.78, 5) is 31.7. The standard InChI is InChI=1S/C27H27N5O4/c28-16-18-6-5-8-20(14-18)26-29-25(27(35)36-23-9-2-1-7-19(23)15-24(33)34)22-11-10-21(32(22)30-26)17-31-12-3-4-13-31/h1-2,5-11,14H,3-4,12-13,15-17,28H2,(H,33,34). The number of aliphatic carboxylic acids is 1. The molecule has 5 rings (SSSR count). The lowest BCUT2D eigenvalue weighted by Crippen LogP contribution is -2.21. The van der Waals surface area contributed by atoms with Crippen LogP contribution < -0.4 is 10.5 Å². The van der Waals surface area contributed by atoms with Gasteiger partial charge in [0.05, 0.1) is 17.6 Å². The summed E-state index contributed by atoms with van der Waals surface area (Å²) in [7, 11) is 0. The molecule has 0 spiro atoms. The lowest BCUT2D eigenvalue weighted by molar-refractivity contribution is -0.136. The summed E-state index contributed by atoms with van der Waals surface area (Å²) < 4.78 is 7.44. The zero-order chi connectivity index (χ0) is 25.1. The van der Waals surface area contributed by atoms with Crippen molar-refractivity contribution in [1.82, 2.24) is 19.5 Å². The van der Waals surface area contributed by atoms with E-state index in [0.717, 1.165) is 29.9 Å². The van der Waals surface area contributed by atoms with E-state index in [2.05, 4.69) is 9.88 Å². The molecule has 1 saturated heterocycles. The van der Waals surface area contributed by atoms with Crippen molar-refractivity contribution in [3.05, 3.63) is 83.2 Å². The molecule has 2 aromatic carbocycles. The number of nitrogens with zero attached hydrogens (tertiary/aromatic N) is 4. The molecule has 0 unspecified atom stereocenters. The first-order chi connectivity index (χ1) is 17.5. The third-order valence-corrected chi connectivity index (χ3v) is 6.30. The largest absolute Gasteiger partial charge is 0.481 e. The Kier molecular flexibility index (Phi) is 6.75. The van der Waals surface area contributed by atoms with Crippen molar-refractivity contribution in [3.8, 4) is 17.1 Å². The van der Waals surface area contributed by atoms with Gasteiger partial charge < -0.3 is 15.6 Å². The molecule has 1 aliphatic heterocycles. The number of esters is 1. The summed E-state index contributed by atoms with van der Waals surface area (Å²) in [5.41, 5.74) is 9.49. The molecule has 9 heteroatoms. The molecule has 3 N–H and O–H groups in total. The van der Waals surface area contributed by atoms with E-state index in [1.807, 2.05) is 36.4 Å². The zero-order valence-electron chi connectivity index (χ0n) is 19.8. The Bertz CT molecular complexity index is 1420. The smallest absolute Gasteiger partial charge is 0.364 e. The lowest BCUT2D eigenvalue weighted by Gasteiger charge is -2.15. The van der Waals surface area contributed by atoms with Gasteiger partial charge in [-0.05, 0) is 55.8 Å². The zero-order valence-corrected chi connectivity index (χ0v) is 19.8. The van der Waals surface area contributed by atoms with E-state index in [0.29, 0.717) is 30.0 Å². The van der Waals surface area contributed by atoms with Crippen molar-refractivity contribution >= 4 is 17.5 Å². The Balaban J connectivity index is 1.58. The van der Waals surface area contributed by atoms with Crippen LogP contribution in [0, 0.1) is 0 Å². The second kappa shape index (κ2) is 10.3. The van der Waals surface area contributed by atoms with Crippen LogP contribution >= 0.6 is 0 Å². The number of rotatable bonds is 8. The van der Waals surface area contributed by atoms with Crippen molar-refractivity contribution in [2.75, 3.05) is 13.1 Å². The number of aromatic nitrogens is 3. The number of hydrogen-bond acceptors (Lipinski definition) is 7. The highest BCUT2D eigenvalue weighted by Crippen LogP contribution is 2.25. The number of hydrogen-bond donors (Lipinski definition) is 2. The van der Waals surface area contributed by atoms with E-state index < -0.39 is 11.9 Å². The summed E-state index contributed by atoms with van der Waals surface area (Å²) in [6, 6.07) is 18.0. The number of likely N-dealkylation sites (tertiary alicyclic amines) is 1. The number of carboxylic acids is 1. The molecular formula is C27H27N5O4. The Morgan fingerprint density at radius 3 is 2.61 bits per heavy atom. The number of carboxylic acid groups (broad SMARTS) is 1. The third kappa shape index (κ3) is 4.98. The summed E-state index contributed by atoms with van der Waals surface area (Å²) in [5, 5.41) is 14.0. The van der Waals surface area contributed by atoms with Gasteiger partial charge in [-0.1, -0.05) is 36.4 Å². The minimum atomic E-state index is -1.01. The van der Waals surface area contributed by atoms with Crippen molar-refractivity contribution < 1.29 is 19.4 Å². The minimum Gasteiger partial charge on any atom is -0.481 e. The van der Waals surface area contributed by atoms with Crippen LogP contribution in [0.5, 0.6) is 5.75 Å². The minimum absolute atomic E-state index is 0.107. The number of benzene rings is 2. The average Bonchev–Trinajstić information content (AvgIpc) is 3.55. The number of nitrogens with two attached hydrogens (primary N) is 1. The predicted molar refractivity (Wildman–Crippen MR) is 134 cm³/mol. The van der Waals surface area contributed by atoms with Gasteiger partial charge in [0.25, 0.3) is 0 Å². The molecule has 0 amide bonds. The first kappa shape index (κ1) is 23.7. The van der Waals surface area contributed by atoms with Crippen LogP contribution in [0.25, 0.3) is 16.9 Å². The molecule has 0 aliphatic carbocycles. The Morgan fingerprint density at radius 1 is 1.03 bits per heavy atom. The molecule has 0 atom stereocenters. The first-order valence-corrected chi connectivity index (χ1v) is 11.9. The highest BCUT2D eigenvalue weighted by Gasteiger charge is 2.23. The maximum atomic E-state index is 13.4. The van der Waals surface area contributed by atoms with Gasteiger partial charge in [0.1, 0.15) is 5.75 Å². The van der Waals surface area contributed by atoms with E-state index in [-0.39, 0.29) is 17.9 Å². The number of carbonyl (C=O) groups is 2. The van der Waals surface area contributed by atoms with Crippen molar-refractivity contribution in [1.29, 1.82) is 0 Å². The number of carbonyl (C=O) groups excluding carboxylic acids is 1. The summed E-state index contributed by atoms with van der Waals surface area (Å²) in [6.45, 7) is 3.14. The van der Waals surface area contributed by atoms with Crippen molar-refractivity contribution in [3.63, 3.8) is 0 Å². The van der Waals surface area contributed by atoms with Crippen LogP contribution in [0.4, 0.5) is 0 Å². The predicted octanol–water partition coefficient (Wildman–Crippen LogP) is 3.30. The lowest BCUT2D eigenvalue weighted by atomic mass is 10.1. The summed E-state index contributed by atoms with van der Waals surface area (Å²) >= 11 is 0. The monoisotopic (exact) mass is 485 g/mol. The maximum absolute atomic E-state index is 13.4. The van der Waals surface area contributed by atoms with Crippen LogP contribution in [0.1, 0.15) is 40.2 Å². The van der Waals surface area contributed by atoms with E-state index in [9.17, 15) is 14.7 Å². The molecule has 0 bridgehead atoms. The number of para-hydroxylation sites is 1. The van der Waals surface area contributed by atoms with Gasteiger partial charge in [0, 0.05) is 24.2 Å². The molecule has 0 saturated carbocycles. The topological polar surface area (TPSA) is 123 Å². The van der Waals surface area contributed by atoms with Crippen LogP contribution in [0.2, 0.25) is 0 Å². The van der Waals surface area contributed by atoms with Crippen LogP contribution in [0.3, 0.4) is 0 Å². The fraction of sp³-hybridized carbons (Fsp3) is 0.259. The van der Waals surface area contributed by atoms with Gasteiger partial charge >= 0.3 is 11.9 Å². The van der Waals surface area contributed by atoms with Gasteiger partial charge in [0.15, 0.2) is 11.5 Å². The molecular weight excluding hydrogens is 458 g/mol. The highest BCUT2D eigenvalue weighted by molar-refractivity contribution is 5.96. The molecule has 4 aromatic rings. The quantitative estimate of drug-likeness (QED) is 0.288. The van der Waals surface area contributed by atoms with Crippen LogP contribution in [0.15, 0.2) is 60.7 Å². The van der Waals surface area contributed by atoms with Gasteiger partial charge in [-0.15, -0.1) is 5.10 Å². The fourth-order valence-corrected chi connectivity index (χ4v) is 4.51. The van der Waals surface area contributed by atoms with Crippen molar-refractivity contribution in [2.24, 2.45) is 5.73 Å². The molecule has 3 heterocycles. The average molecular weight is 486 g/mol. The van der Waals surface area contributed by atoms with Gasteiger partial charge in [0.2, 0.25) is 0 Å². The van der Waals surface area contributed by atoms with Crippen LogP contribution in [-0.2, 0) is 24.3 Å². The second-order valence-electron chi connectivity index (χ2n) is 8.86. The number of ether oxygens (including phenoxy) is 1. The van der Waals surface area contributed by atoms with E-state index in [4.69, 9.17) is 15.6 Å². The van der Waals surface area contributed by atoms with E-state index in [1.54, 1.807) is 28.8 Å². The summed E-state index contributed by atoms with van der Waals surface area (Å²) in [6.07, 6.45) is 2.08. The Hall–Kier alpha value is -4.08. The van der Waals surface area contributed by atoms with Gasteiger partial charge in [-0.3, -0.25) is 9.69 Å². The summed E-state index contributed by atoms with van der Waals surface area (Å²) in [5.74, 6) is -1.12. The first-order valence-electron chi connectivity index (χ1n) is 11.9. The Morgan fingerprint density at radius 2 is 1.83 bits per heavy atom. The molecule has 9 nitrogen and oxygen atoms in total. The van der Waals surface area contributed by atoms with E-state index in [1.165, 1.54) is 12.8 Å².